The number of ether oxygens (including phenoxy) is 1. The number of para-hydroxylation sites is 3. The lowest BCUT2D eigenvalue weighted by Crippen LogP contribution is -2.40. The Hall–Kier alpha value is -7.51. The van der Waals surface area contributed by atoms with Gasteiger partial charge >= 0.3 is 6.85 Å². The van der Waals surface area contributed by atoms with Crippen LogP contribution < -0.4 is 14.5 Å². The minimum absolute atomic E-state index is 0.00244. The molecule has 0 unspecified atom stereocenters. The van der Waals surface area contributed by atoms with Gasteiger partial charge in [-0.05, 0) is 129 Å². The van der Waals surface area contributed by atoms with Crippen LogP contribution in [-0.4, -0.2) is 27.9 Å². The second-order valence-electron chi connectivity index (χ2n) is 21.2. The number of anilines is 3. The van der Waals surface area contributed by atoms with Crippen molar-refractivity contribution in [2.45, 2.75) is 77.6 Å². The summed E-state index contributed by atoms with van der Waals surface area (Å²) in [4.78, 5) is 11.5. The zero-order valence-corrected chi connectivity index (χ0v) is 40.4. The summed E-state index contributed by atoms with van der Waals surface area (Å²) >= 11 is 0. The first-order valence-electron chi connectivity index (χ1n) is 26.6. The predicted molar refractivity (Wildman–Crippen MR) is 289 cm³/mol. The highest BCUT2D eigenvalue weighted by Crippen LogP contribution is 2.51. The van der Waals surface area contributed by atoms with Crippen LogP contribution in [0.15, 0.2) is 194 Å². The summed E-state index contributed by atoms with van der Waals surface area (Å²) in [7, 11) is 0. The first-order chi connectivity index (χ1) is 35.4. The van der Waals surface area contributed by atoms with Gasteiger partial charge in [0.15, 0.2) is 0 Å². The Morgan fingerprint density at radius 3 is 2.22 bits per heavy atom. The van der Waals surface area contributed by atoms with Crippen molar-refractivity contribution in [1.29, 1.82) is 0 Å². The molecule has 3 aliphatic heterocycles. The van der Waals surface area contributed by atoms with E-state index in [0.717, 1.165) is 74.4 Å². The van der Waals surface area contributed by atoms with E-state index in [2.05, 4.69) is 171 Å². The molecule has 69 heavy (non-hydrogen) atoms. The second kappa shape index (κ2) is 16.1. The van der Waals surface area contributed by atoms with E-state index in [-0.39, 0.29) is 46.0 Å². The van der Waals surface area contributed by atoms with E-state index in [1.807, 2.05) is 54.9 Å². The lowest BCUT2D eigenvalue weighted by atomic mass is 9.48. The van der Waals surface area contributed by atoms with Gasteiger partial charge in [0.25, 0.3) is 0 Å². The average molecular weight is 905 g/mol. The fraction of sp³-hybridized carbons (Fsp3) is 0.210. The van der Waals surface area contributed by atoms with Crippen molar-refractivity contribution >= 4 is 56.8 Å². The summed E-state index contributed by atoms with van der Waals surface area (Å²) in [6.45, 7) is 15.9. The van der Waals surface area contributed by atoms with E-state index in [4.69, 9.17) is 13.8 Å². The highest BCUT2D eigenvalue weighted by molar-refractivity contribution is 6.82. The third-order valence-corrected chi connectivity index (χ3v) is 14.9. The maximum absolute atomic E-state index is 9.49. The molecule has 340 valence electrons. The standard InChI is InChI=1S/C62H58BN5O/c1-60(2,3)44-30-34-64-57(37-44)68-53-23-12-11-22-48(53)49-28-27-47(39-56(49)68)69-46-21-17-20-45(38-46)66-41-67(55-25-14-13-24-54(55)66)59-50(43-26-29-51-52(36-43)62(6,7)32-31-61(51,4)5)40-65-35-16-15-33-63(65)58(59)42-18-9-8-10-19-42/h8-30,33-40H,31-32,41H2,1-7H3/i8D,9D,10D,18D,19D. The maximum Gasteiger partial charge on any atom is 0.322 e. The molecule has 2 aromatic heterocycles. The summed E-state index contributed by atoms with van der Waals surface area (Å²) in [6.07, 6.45) is 12.2. The Morgan fingerprint density at radius 2 is 1.41 bits per heavy atom. The van der Waals surface area contributed by atoms with Crippen LogP contribution >= 0.6 is 0 Å². The van der Waals surface area contributed by atoms with Crippen LogP contribution in [0.1, 0.15) is 96.0 Å². The maximum atomic E-state index is 9.49. The molecule has 7 heteroatoms. The normalized spacial score (nSPS) is 18.1. The highest BCUT2D eigenvalue weighted by Gasteiger charge is 2.41. The van der Waals surface area contributed by atoms with Crippen molar-refractivity contribution in [1.82, 2.24) is 14.4 Å². The fourth-order valence-electron chi connectivity index (χ4n) is 11.0. The molecule has 8 aromatic rings. The molecule has 0 saturated carbocycles. The van der Waals surface area contributed by atoms with E-state index in [1.54, 1.807) is 0 Å². The molecule has 5 heterocycles. The molecule has 0 saturated heterocycles. The summed E-state index contributed by atoms with van der Waals surface area (Å²) in [5.41, 5.74) is 12.1. The Morgan fingerprint density at radius 1 is 0.667 bits per heavy atom. The van der Waals surface area contributed by atoms with Crippen LogP contribution in [-0.2, 0) is 16.2 Å². The van der Waals surface area contributed by atoms with E-state index < -0.39 is 12.9 Å². The molecule has 6 aromatic carbocycles. The zero-order chi connectivity index (χ0) is 51.6. The van der Waals surface area contributed by atoms with Gasteiger partial charge in [-0.2, -0.15) is 0 Å². The fourth-order valence-corrected chi connectivity index (χ4v) is 11.0. The molecule has 0 amide bonds. The van der Waals surface area contributed by atoms with Gasteiger partial charge in [-0.25, -0.2) is 4.98 Å². The van der Waals surface area contributed by atoms with Gasteiger partial charge in [-0.3, -0.25) is 4.57 Å². The van der Waals surface area contributed by atoms with Crippen LogP contribution in [0.4, 0.5) is 17.1 Å². The molecule has 0 radical (unpaired) electrons. The van der Waals surface area contributed by atoms with Crippen molar-refractivity contribution in [3.8, 4) is 17.3 Å². The monoisotopic (exact) mass is 905 g/mol. The van der Waals surface area contributed by atoms with Gasteiger partial charge in [0.2, 0.25) is 0 Å². The average Bonchev–Trinajstić information content (AvgIpc) is 3.96. The molecular weight excluding hydrogens is 842 g/mol. The Kier molecular flexibility index (Phi) is 8.72. The van der Waals surface area contributed by atoms with Crippen molar-refractivity contribution < 1.29 is 11.6 Å². The lowest BCUT2D eigenvalue weighted by Gasteiger charge is -2.43. The second-order valence-corrected chi connectivity index (χ2v) is 21.2. The van der Waals surface area contributed by atoms with Gasteiger partial charge in [0, 0.05) is 52.3 Å². The van der Waals surface area contributed by atoms with Crippen LogP contribution in [0.5, 0.6) is 11.5 Å². The van der Waals surface area contributed by atoms with Gasteiger partial charge in [0.1, 0.15) is 24.0 Å². The van der Waals surface area contributed by atoms with E-state index in [1.165, 1.54) is 16.7 Å². The number of allylic oxidation sites excluding steroid dienone is 3. The summed E-state index contributed by atoms with van der Waals surface area (Å²) in [5.74, 6) is 4.26. The number of hydrogen-bond donors (Lipinski definition) is 0. The SMILES string of the molecule is [2H]c1c([2H])c([2H])c(C2=C(N3CN(c4cccc(Oc5ccc6c7ccccc7n(-c7cc(C(C)(C)C)ccn7)c6c5)c4)c4ccccc43)C(c3ccc4c(c3)C(C)(C)CCC4(C)C)=CN3C=CC=CB23)c([2H])c1[2H]. The van der Waals surface area contributed by atoms with E-state index >= 15 is 0 Å². The first kappa shape index (κ1) is 37.5. The Bertz CT molecular complexity index is 3760. The Balaban J connectivity index is 0.991. The summed E-state index contributed by atoms with van der Waals surface area (Å²) in [5, 5.41) is 2.25. The Labute approximate surface area is 414 Å². The molecule has 0 bridgehead atoms. The number of nitrogens with zero attached hydrogens (tertiary/aromatic N) is 5. The van der Waals surface area contributed by atoms with Gasteiger partial charge in [0.05, 0.1) is 29.3 Å². The molecule has 0 fully saturated rings. The number of rotatable bonds is 7. The minimum Gasteiger partial charge on any atom is -0.457 e. The van der Waals surface area contributed by atoms with Gasteiger partial charge < -0.3 is 19.3 Å². The topological polar surface area (TPSA) is 36.8 Å². The quantitative estimate of drug-likeness (QED) is 0.149. The number of pyridine rings is 1. The molecule has 0 N–H and O–H groups in total. The van der Waals surface area contributed by atoms with Crippen molar-refractivity contribution in [2.24, 2.45) is 0 Å². The van der Waals surface area contributed by atoms with E-state index in [9.17, 15) is 2.74 Å². The van der Waals surface area contributed by atoms with E-state index in [0.29, 0.717) is 23.6 Å². The lowest BCUT2D eigenvalue weighted by molar-refractivity contribution is 0.332. The summed E-state index contributed by atoms with van der Waals surface area (Å²) < 4.78 is 54.5. The molecule has 6 nitrogen and oxygen atoms in total. The number of fused-ring (bicyclic) bond motifs is 6. The van der Waals surface area contributed by atoms with Crippen LogP contribution in [0.25, 0.3) is 38.7 Å². The van der Waals surface area contributed by atoms with Gasteiger partial charge in [-0.1, -0.05) is 145 Å². The zero-order valence-electron chi connectivity index (χ0n) is 45.4. The first-order valence-corrected chi connectivity index (χ1v) is 24.1. The largest absolute Gasteiger partial charge is 0.457 e. The van der Waals surface area contributed by atoms with Crippen LogP contribution in [0.2, 0.25) is 0 Å². The number of benzene rings is 6. The van der Waals surface area contributed by atoms with Crippen molar-refractivity contribution in [3.63, 3.8) is 0 Å². The minimum atomic E-state index is -0.470. The predicted octanol–water partition coefficient (Wildman–Crippen LogP) is 15.5. The van der Waals surface area contributed by atoms with Crippen LogP contribution in [0, 0.1) is 0 Å². The molecule has 0 spiro atoms. The molecule has 1 aliphatic carbocycles. The number of aromatic nitrogens is 2. The highest BCUT2D eigenvalue weighted by atomic mass is 16.5. The number of hydrogen-bond acceptors (Lipinski definition) is 5. The molecule has 12 rings (SSSR count). The third kappa shape index (κ3) is 7.29. The van der Waals surface area contributed by atoms with Crippen molar-refractivity contribution in [3.05, 3.63) is 222 Å². The van der Waals surface area contributed by atoms with Gasteiger partial charge in [-0.15, -0.1) is 0 Å². The van der Waals surface area contributed by atoms with Crippen molar-refractivity contribution in [2.75, 3.05) is 16.5 Å². The van der Waals surface area contributed by atoms with Crippen LogP contribution in [0.3, 0.4) is 0 Å². The molecular formula is C62H58BN5O. The molecule has 4 aliphatic rings. The smallest absolute Gasteiger partial charge is 0.322 e. The third-order valence-electron chi connectivity index (χ3n) is 14.9. The summed E-state index contributed by atoms with van der Waals surface area (Å²) in [6, 6.07) is 40.7. The molecule has 0 atom stereocenters.